The lowest BCUT2D eigenvalue weighted by atomic mass is 9.69. The van der Waals surface area contributed by atoms with E-state index < -0.39 is 23.8 Å². The van der Waals surface area contributed by atoms with E-state index in [1.54, 1.807) is 26.0 Å². The molecule has 0 radical (unpaired) electrons. The zero-order valence-electron chi connectivity index (χ0n) is 19.5. The SMILES string of the molecule is CCOC(=O)C1=C(C)NC2=C(C(=O)[C@H](C(=O)OC)[C@H](C)C2)[C@H]1c1cc(OC)c(OC)cc1Br. The van der Waals surface area contributed by atoms with Crippen LogP contribution in [0.25, 0.3) is 0 Å². The summed E-state index contributed by atoms with van der Waals surface area (Å²) in [6, 6.07) is 3.46. The summed E-state index contributed by atoms with van der Waals surface area (Å²) < 4.78 is 21.8. The molecule has 0 saturated carbocycles. The monoisotopic (exact) mass is 521 g/mol. The number of nitrogens with one attached hydrogen (secondary N) is 1. The van der Waals surface area contributed by atoms with E-state index >= 15 is 0 Å². The quantitative estimate of drug-likeness (QED) is 0.447. The number of allylic oxidation sites excluding steroid dienone is 3. The molecule has 1 aliphatic heterocycles. The maximum atomic E-state index is 13.7. The molecule has 1 aromatic carbocycles. The van der Waals surface area contributed by atoms with Crippen LogP contribution < -0.4 is 14.8 Å². The number of halogens is 1. The lowest BCUT2D eigenvalue weighted by Crippen LogP contribution is -2.43. The van der Waals surface area contributed by atoms with Crippen LogP contribution in [0.5, 0.6) is 11.5 Å². The molecule has 1 aromatic rings. The maximum Gasteiger partial charge on any atom is 0.336 e. The first kappa shape index (κ1) is 24.8. The van der Waals surface area contributed by atoms with Crippen LogP contribution in [0.2, 0.25) is 0 Å². The van der Waals surface area contributed by atoms with Crippen molar-refractivity contribution in [3.05, 3.63) is 44.7 Å². The van der Waals surface area contributed by atoms with E-state index in [1.807, 2.05) is 6.92 Å². The zero-order chi connectivity index (χ0) is 24.4. The molecule has 3 rings (SSSR count). The minimum atomic E-state index is -0.959. The lowest BCUT2D eigenvalue weighted by Gasteiger charge is -2.38. The largest absolute Gasteiger partial charge is 0.493 e. The number of hydrogen-bond donors (Lipinski definition) is 1. The van der Waals surface area contributed by atoms with Crippen LogP contribution in [0, 0.1) is 11.8 Å². The number of carbonyl (C=O) groups excluding carboxylic acids is 3. The van der Waals surface area contributed by atoms with Gasteiger partial charge < -0.3 is 24.3 Å². The predicted molar refractivity (Wildman–Crippen MR) is 124 cm³/mol. The highest BCUT2D eigenvalue weighted by molar-refractivity contribution is 9.10. The molecule has 8 nitrogen and oxygen atoms in total. The molecule has 33 heavy (non-hydrogen) atoms. The fraction of sp³-hybridized carbons (Fsp3) is 0.458. The fourth-order valence-electron chi connectivity index (χ4n) is 4.56. The Labute approximate surface area is 201 Å². The van der Waals surface area contributed by atoms with E-state index in [0.29, 0.717) is 50.5 Å². The first-order valence-electron chi connectivity index (χ1n) is 10.6. The summed E-state index contributed by atoms with van der Waals surface area (Å²) in [5, 5.41) is 3.23. The van der Waals surface area contributed by atoms with Gasteiger partial charge in [-0.1, -0.05) is 22.9 Å². The van der Waals surface area contributed by atoms with Crippen molar-refractivity contribution in [3.8, 4) is 11.5 Å². The Morgan fingerprint density at radius 3 is 2.36 bits per heavy atom. The van der Waals surface area contributed by atoms with Gasteiger partial charge in [-0.3, -0.25) is 9.59 Å². The van der Waals surface area contributed by atoms with E-state index in [2.05, 4.69) is 21.2 Å². The summed E-state index contributed by atoms with van der Waals surface area (Å²) in [5.74, 6) is -2.56. The third-order valence-corrected chi connectivity index (χ3v) is 6.74. The number of benzene rings is 1. The Morgan fingerprint density at radius 1 is 1.15 bits per heavy atom. The van der Waals surface area contributed by atoms with Gasteiger partial charge in [0.1, 0.15) is 5.92 Å². The minimum absolute atomic E-state index is 0.178. The molecule has 1 aliphatic carbocycles. The molecule has 9 heteroatoms. The Hall–Kier alpha value is -2.81. The van der Waals surface area contributed by atoms with Gasteiger partial charge in [0, 0.05) is 27.4 Å². The van der Waals surface area contributed by atoms with E-state index in [-0.39, 0.29) is 18.3 Å². The molecule has 0 aromatic heterocycles. The third kappa shape index (κ3) is 4.38. The summed E-state index contributed by atoms with van der Waals surface area (Å²) >= 11 is 3.57. The number of carbonyl (C=O) groups is 3. The first-order valence-corrected chi connectivity index (χ1v) is 11.4. The van der Waals surface area contributed by atoms with Crippen LogP contribution in [0.3, 0.4) is 0 Å². The van der Waals surface area contributed by atoms with Crippen LogP contribution in [-0.2, 0) is 23.9 Å². The number of esters is 2. The number of ether oxygens (including phenoxy) is 4. The van der Waals surface area contributed by atoms with E-state index in [4.69, 9.17) is 18.9 Å². The van der Waals surface area contributed by atoms with Crippen molar-refractivity contribution in [1.82, 2.24) is 5.32 Å². The molecule has 1 heterocycles. The van der Waals surface area contributed by atoms with Crippen LogP contribution in [-0.4, -0.2) is 45.7 Å². The molecule has 178 valence electrons. The van der Waals surface area contributed by atoms with Crippen molar-refractivity contribution < 1.29 is 33.3 Å². The number of hydrogen-bond acceptors (Lipinski definition) is 8. The van der Waals surface area contributed by atoms with Gasteiger partial charge in [0.25, 0.3) is 0 Å². The molecule has 0 spiro atoms. The number of rotatable bonds is 6. The predicted octanol–water partition coefficient (Wildman–Crippen LogP) is 3.64. The average Bonchev–Trinajstić information content (AvgIpc) is 2.77. The second-order valence-electron chi connectivity index (χ2n) is 7.98. The Balaban J connectivity index is 2.28. The van der Waals surface area contributed by atoms with Crippen LogP contribution >= 0.6 is 15.9 Å². The van der Waals surface area contributed by atoms with Gasteiger partial charge >= 0.3 is 11.9 Å². The van der Waals surface area contributed by atoms with E-state index in [0.717, 1.165) is 0 Å². The van der Waals surface area contributed by atoms with Gasteiger partial charge in [0.15, 0.2) is 17.3 Å². The Morgan fingerprint density at radius 2 is 1.79 bits per heavy atom. The molecule has 0 unspecified atom stereocenters. The average molecular weight is 522 g/mol. The van der Waals surface area contributed by atoms with Gasteiger partial charge in [-0.15, -0.1) is 0 Å². The van der Waals surface area contributed by atoms with Gasteiger partial charge in [-0.05, 0) is 43.9 Å². The van der Waals surface area contributed by atoms with Crippen molar-refractivity contribution in [2.75, 3.05) is 27.9 Å². The van der Waals surface area contributed by atoms with E-state index in [1.165, 1.54) is 21.3 Å². The third-order valence-electron chi connectivity index (χ3n) is 6.05. The summed E-state index contributed by atoms with van der Waals surface area (Å²) in [5.41, 5.74) is 2.55. The fourth-order valence-corrected chi connectivity index (χ4v) is 5.11. The molecular formula is C24H28BrNO7. The highest BCUT2D eigenvalue weighted by Crippen LogP contribution is 2.49. The highest BCUT2D eigenvalue weighted by Gasteiger charge is 2.47. The van der Waals surface area contributed by atoms with Crippen LogP contribution in [0.4, 0.5) is 0 Å². The van der Waals surface area contributed by atoms with Gasteiger partial charge in [-0.2, -0.15) is 0 Å². The lowest BCUT2D eigenvalue weighted by molar-refractivity contribution is -0.151. The maximum absolute atomic E-state index is 13.7. The second kappa shape index (κ2) is 9.99. The van der Waals surface area contributed by atoms with Crippen LogP contribution in [0.15, 0.2) is 39.1 Å². The molecule has 0 amide bonds. The smallest absolute Gasteiger partial charge is 0.336 e. The number of ketones is 1. The molecule has 0 bridgehead atoms. The standard InChI is InChI=1S/C24H28BrNO7/c1-7-33-24(29)19-12(3)26-15-8-11(2)18(23(28)32-6)22(27)21(15)20(19)13-9-16(30-4)17(31-5)10-14(13)25/h9-11,18,20,26H,7-8H2,1-6H3/t11-,18-,20+/m1/s1. The molecular weight excluding hydrogens is 494 g/mol. The molecule has 1 N–H and O–H groups in total. The van der Waals surface area contributed by atoms with Gasteiger partial charge in [0.05, 0.1) is 33.5 Å². The Bertz CT molecular complexity index is 1060. The highest BCUT2D eigenvalue weighted by atomic mass is 79.9. The number of dihydropyridines is 1. The second-order valence-corrected chi connectivity index (χ2v) is 8.84. The molecule has 3 atom stereocenters. The minimum Gasteiger partial charge on any atom is -0.493 e. The van der Waals surface area contributed by atoms with Crippen molar-refractivity contribution >= 4 is 33.7 Å². The van der Waals surface area contributed by atoms with Gasteiger partial charge in [-0.25, -0.2) is 4.79 Å². The Kier molecular flexibility index (Phi) is 7.51. The molecule has 0 fully saturated rings. The normalized spacial score (nSPS) is 22.4. The zero-order valence-corrected chi connectivity index (χ0v) is 21.1. The molecule has 2 aliphatic rings. The number of methoxy groups -OCH3 is 3. The van der Waals surface area contributed by atoms with Gasteiger partial charge in [0.2, 0.25) is 0 Å². The van der Waals surface area contributed by atoms with E-state index in [9.17, 15) is 14.4 Å². The number of Topliss-reactive ketones (excluding diaryl/α,β-unsaturated/α-hetero) is 1. The molecule has 0 saturated heterocycles. The van der Waals surface area contributed by atoms with Crippen molar-refractivity contribution in [1.29, 1.82) is 0 Å². The summed E-state index contributed by atoms with van der Waals surface area (Å²) in [7, 11) is 4.30. The summed E-state index contributed by atoms with van der Waals surface area (Å²) in [4.78, 5) is 39.3. The van der Waals surface area contributed by atoms with Crippen molar-refractivity contribution in [3.63, 3.8) is 0 Å². The topological polar surface area (TPSA) is 100 Å². The summed E-state index contributed by atoms with van der Waals surface area (Å²) in [6.07, 6.45) is 0.454. The van der Waals surface area contributed by atoms with Crippen molar-refractivity contribution in [2.45, 2.75) is 33.1 Å². The first-order chi connectivity index (χ1) is 15.7. The van der Waals surface area contributed by atoms with Crippen molar-refractivity contribution in [2.24, 2.45) is 11.8 Å². The van der Waals surface area contributed by atoms with Crippen LogP contribution in [0.1, 0.15) is 38.7 Å². The summed E-state index contributed by atoms with van der Waals surface area (Å²) in [6.45, 7) is 5.51.